The summed E-state index contributed by atoms with van der Waals surface area (Å²) in [6.45, 7) is 1.83. The van der Waals surface area contributed by atoms with Gasteiger partial charge in [0.1, 0.15) is 0 Å². The van der Waals surface area contributed by atoms with Crippen molar-refractivity contribution in [2.75, 3.05) is 13.1 Å². The number of benzene rings is 1. The van der Waals surface area contributed by atoms with E-state index in [9.17, 15) is 0 Å². The van der Waals surface area contributed by atoms with Gasteiger partial charge in [0.25, 0.3) is 5.89 Å². The molecule has 1 N–H and O–H groups in total. The summed E-state index contributed by atoms with van der Waals surface area (Å²) < 4.78 is 8.11. The largest absolute Gasteiger partial charge is 0.332 e. The Labute approximate surface area is 128 Å². The summed E-state index contributed by atoms with van der Waals surface area (Å²) in [5.41, 5.74) is 1.49. The predicted molar refractivity (Wildman–Crippen MR) is 78.4 cm³/mol. The fraction of sp³-hybridized carbons (Fsp3) is 0.231. The topological polar surface area (TPSA) is 81.7 Å². The Morgan fingerprint density at radius 3 is 2.76 bits per heavy atom. The highest BCUT2D eigenvalue weighted by atomic mass is 79.9. The second-order valence-electron chi connectivity index (χ2n) is 4.83. The van der Waals surface area contributed by atoms with Crippen molar-refractivity contribution >= 4 is 15.9 Å². The SMILES string of the molecule is Brc1ccc(-c2noc(-c3cn(C4CNC4)nn3)n2)cc1. The molecule has 0 saturated carbocycles. The van der Waals surface area contributed by atoms with Crippen LogP contribution in [0.2, 0.25) is 0 Å². The minimum atomic E-state index is 0.361. The normalized spacial score (nSPS) is 15.1. The molecular formula is C13H11BrN6O. The lowest BCUT2D eigenvalue weighted by atomic mass is 10.2. The van der Waals surface area contributed by atoms with Gasteiger partial charge in [-0.25, -0.2) is 4.68 Å². The Bertz CT molecular complexity index is 761. The third-order valence-electron chi connectivity index (χ3n) is 3.39. The average molecular weight is 347 g/mol. The maximum atomic E-state index is 5.28. The highest BCUT2D eigenvalue weighted by molar-refractivity contribution is 9.10. The number of rotatable bonds is 3. The zero-order chi connectivity index (χ0) is 14.2. The summed E-state index contributed by atoms with van der Waals surface area (Å²) >= 11 is 3.40. The van der Waals surface area contributed by atoms with Crippen LogP contribution in [0.5, 0.6) is 0 Å². The molecule has 21 heavy (non-hydrogen) atoms. The molecule has 3 aromatic rings. The summed E-state index contributed by atoms with van der Waals surface area (Å²) in [6.07, 6.45) is 1.84. The predicted octanol–water partition coefficient (Wildman–Crippen LogP) is 1.90. The summed E-state index contributed by atoms with van der Waals surface area (Å²) in [6, 6.07) is 8.09. The van der Waals surface area contributed by atoms with E-state index in [0.717, 1.165) is 23.1 Å². The Morgan fingerprint density at radius 2 is 2.05 bits per heavy atom. The van der Waals surface area contributed by atoms with E-state index in [0.29, 0.717) is 23.5 Å². The van der Waals surface area contributed by atoms with Crippen LogP contribution in [0.15, 0.2) is 39.5 Å². The molecule has 3 heterocycles. The van der Waals surface area contributed by atoms with Crippen molar-refractivity contribution in [2.45, 2.75) is 6.04 Å². The standard InChI is InChI=1S/C13H11BrN6O/c14-9-3-1-8(2-4-9)12-16-13(21-18-12)11-7-20(19-17-11)10-5-15-6-10/h1-4,7,10,15H,5-6H2. The van der Waals surface area contributed by atoms with Crippen LogP contribution in [0.3, 0.4) is 0 Å². The number of halogens is 1. The molecule has 1 aliphatic heterocycles. The molecular weight excluding hydrogens is 336 g/mol. The summed E-state index contributed by atoms with van der Waals surface area (Å²) in [4.78, 5) is 4.37. The van der Waals surface area contributed by atoms with Crippen molar-refractivity contribution in [3.05, 3.63) is 34.9 Å². The van der Waals surface area contributed by atoms with Gasteiger partial charge >= 0.3 is 0 Å². The second kappa shape index (κ2) is 5.05. The first kappa shape index (κ1) is 12.7. The van der Waals surface area contributed by atoms with E-state index < -0.39 is 0 Å². The summed E-state index contributed by atoms with van der Waals surface area (Å²) in [5, 5.41) is 15.4. The fourth-order valence-corrected chi connectivity index (χ4v) is 2.32. The third kappa shape index (κ3) is 2.36. The first-order valence-electron chi connectivity index (χ1n) is 6.52. The first-order valence-corrected chi connectivity index (χ1v) is 7.31. The number of nitrogens with zero attached hydrogens (tertiary/aromatic N) is 5. The fourth-order valence-electron chi connectivity index (χ4n) is 2.06. The van der Waals surface area contributed by atoms with Crippen molar-refractivity contribution in [2.24, 2.45) is 0 Å². The maximum absolute atomic E-state index is 5.28. The molecule has 7 nitrogen and oxygen atoms in total. The van der Waals surface area contributed by atoms with Crippen molar-refractivity contribution in [3.63, 3.8) is 0 Å². The molecule has 2 aromatic heterocycles. The van der Waals surface area contributed by atoms with Crippen LogP contribution in [-0.2, 0) is 0 Å². The molecule has 1 saturated heterocycles. The molecule has 0 spiro atoms. The van der Waals surface area contributed by atoms with Gasteiger partial charge in [-0.15, -0.1) is 5.10 Å². The van der Waals surface area contributed by atoms with Crippen molar-refractivity contribution in [3.8, 4) is 23.0 Å². The molecule has 0 unspecified atom stereocenters. The van der Waals surface area contributed by atoms with Crippen LogP contribution >= 0.6 is 15.9 Å². The van der Waals surface area contributed by atoms with Crippen LogP contribution in [0.4, 0.5) is 0 Å². The Kier molecular flexibility index (Phi) is 3.04. The van der Waals surface area contributed by atoms with E-state index in [1.165, 1.54) is 0 Å². The van der Waals surface area contributed by atoms with Crippen LogP contribution in [-0.4, -0.2) is 38.2 Å². The Balaban J connectivity index is 1.61. The average Bonchev–Trinajstić information content (AvgIpc) is 3.06. The van der Waals surface area contributed by atoms with Crippen molar-refractivity contribution < 1.29 is 4.52 Å². The number of hydrogen-bond acceptors (Lipinski definition) is 6. The van der Waals surface area contributed by atoms with E-state index in [-0.39, 0.29) is 0 Å². The Hall–Kier alpha value is -2.06. The molecule has 106 valence electrons. The van der Waals surface area contributed by atoms with Gasteiger partial charge in [0.05, 0.1) is 12.2 Å². The van der Waals surface area contributed by atoms with E-state index in [1.807, 2.05) is 35.1 Å². The molecule has 0 aliphatic carbocycles. The van der Waals surface area contributed by atoms with Gasteiger partial charge in [0.15, 0.2) is 5.69 Å². The van der Waals surface area contributed by atoms with Gasteiger partial charge < -0.3 is 9.84 Å². The van der Waals surface area contributed by atoms with Crippen molar-refractivity contribution in [1.29, 1.82) is 0 Å². The Morgan fingerprint density at radius 1 is 1.24 bits per heavy atom. The lowest BCUT2D eigenvalue weighted by Gasteiger charge is -2.26. The molecule has 1 aromatic carbocycles. The van der Waals surface area contributed by atoms with E-state index in [1.54, 1.807) is 0 Å². The lowest BCUT2D eigenvalue weighted by Crippen LogP contribution is -2.43. The molecule has 0 atom stereocenters. The quantitative estimate of drug-likeness (QED) is 0.779. The van der Waals surface area contributed by atoms with E-state index in [4.69, 9.17) is 4.52 Å². The van der Waals surface area contributed by atoms with Gasteiger partial charge in [0, 0.05) is 23.1 Å². The molecule has 0 amide bonds. The molecule has 1 fully saturated rings. The number of nitrogens with one attached hydrogen (secondary N) is 1. The molecule has 8 heteroatoms. The molecule has 4 rings (SSSR count). The molecule has 1 aliphatic rings. The maximum Gasteiger partial charge on any atom is 0.280 e. The van der Waals surface area contributed by atoms with Gasteiger partial charge in [-0.3, -0.25) is 0 Å². The lowest BCUT2D eigenvalue weighted by molar-refractivity contribution is 0.313. The minimum Gasteiger partial charge on any atom is -0.332 e. The zero-order valence-electron chi connectivity index (χ0n) is 10.9. The monoisotopic (exact) mass is 346 g/mol. The third-order valence-corrected chi connectivity index (χ3v) is 3.92. The molecule has 0 bridgehead atoms. The van der Waals surface area contributed by atoms with Crippen LogP contribution in [0, 0.1) is 0 Å². The van der Waals surface area contributed by atoms with Gasteiger partial charge in [0.2, 0.25) is 5.82 Å². The highest BCUT2D eigenvalue weighted by Crippen LogP contribution is 2.23. The van der Waals surface area contributed by atoms with Gasteiger partial charge in [-0.05, 0) is 24.3 Å². The van der Waals surface area contributed by atoms with Crippen LogP contribution in [0.1, 0.15) is 6.04 Å². The summed E-state index contributed by atoms with van der Waals surface area (Å²) in [7, 11) is 0. The smallest absolute Gasteiger partial charge is 0.280 e. The molecule has 0 radical (unpaired) electrons. The minimum absolute atomic E-state index is 0.361. The summed E-state index contributed by atoms with van der Waals surface area (Å²) in [5.74, 6) is 0.920. The van der Waals surface area contributed by atoms with Gasteiger partial charge in [-0.1, -0.05) is 26.3 Å². The number of aromatic nitrogens is 5. The van der Waals surface area contributed by atoms with Gasteiger partial charge in [-0.2, -0.15) is 4.98 Å². The van der Waals surface area contributed by atoms with Crippen molar-refractivity contribution in [1.82, 2.24) is 30.5 Å². The second-order valence-corrected chi connectivity index (χ2v) is 5.74. The highest BCUT2D eigenvalue weighted by Gasteiger charge is 2.22. The zero-order valence-corrected chi connectivity index (χ0v) is 12.5. The van der Waals surface area contributed by atoms with E-state index >= 15 is 0 Å². The van der Waals surface area contributed by atoms with E-state index in [2.05, 4.69) is 41.7 Å². The first-order chi connectivity index (χ1) is 10.3. The van der Waals surface area contributed by atoms with Crippen LogP contribution in [0.25, 0.3) is 23.0 Å². The number of hydrogen-bond donors (Lipinski definition) is 1. The van der Waals surface area contributed by atoms with Crippen LogP contribution < -0.4 is 5.32 Å².